The minimum absolute atomic E-state index is 0.0456. The van der Waals surface area contributed by atoms with Crippen molar-refractivity contribution >= 4 is 5.69 Å². The molecule has 0 aromatic carbocycles. The summed E-state index contributed by atoms with van der Waals surface area (Å²) < 4.78 is 0. The van der Waals surface area contributed by atoms with Crippen molar-refractivity contribution in [1.29, 1.82) is 0 Å². The number of nitrogens with two attached hydrogens (primary N) is 1. The van der Waals surface area contributed by atoms with Crippen molar-refractivity contribution in [1.82, 2.24) is 4.98 Å². The van der Waals surface area contributed by atoms with Gasteiger partial charge < -0.3 is 10.8 Å². The second-order valence-electron chi connectivity index (χ2n) is 1.91. The van der Waals surface area contributed by atoms with Gasteiger partial charge in [-0.3, -0.25) is 0 Å². The van der Waals surface area contributed by atoms with Gasteiger partial charge in [-0.05, 0) is 13.0 Å². The summed E-state index contributed by atoms with van der Waals surface area (Å²) in [5.74, 6) is 0.0456. The summed E-state index contributed by atoms with van der Waals surface area (Å²) in [5, 5.41) is 8.88. The smallest absolute Gasteiger partial charge is 0.213 e. The molecule has 1 heterocycles. The fourth-order valence-electron chi connectivity index (χ4n) is 0.589. The van der Waals surface area contributed by atoms with Gasteiger partial charge in [0.25, 0.3) is 0 Å². The predicted molar refractivity (Wildman–Crippen MR) is 35.1 cm³/mol. The van der Waals surface area contributed by atoms with E-state index in [1.807, 2.05) is 0 Å². The van der Waals surface area contributed by atoms with E-state index >= 15 is 0 Å². The molecule has 48 valence electrons. The summed E-state index contributed by atoms with van der Waals surface area (Å²) in [6.45, 7) is 1.75. The molecule has 0 aliphatic heterocycles. The van der Waals surface area contributed by atoms with Crippen LogP contribution in [0.15, 0.2) is 12.3 Å². The van der Waals surface area contributed by atoms with Gasteiger partial charge in [0.15, 0.2) is 0 Å². The highest BCUT2D eigenvalue weighted by molar-refractivity contribution is 5.40. The van der Waals surface area contributed by atoms with Crippen LogP contribution in [-0.4, -0.2) is 10.1 Å². The maximum absolute atomic E-state index is 8.88. The van der Waals surface area contributed by atoms with Gasteiger partial charge in [0.2, 0.25) is 5.88 Å². The first-order valence-electron chi connectivity index (χ1n) is 2.61. The van der Waals surface area contributed by atoms with Crippen molar-refractivity contribution < 1.29 is 5.11 Å². The quantitative estimate of drug-likeness (QED) is 0.534. The lowest BCUT2D eigenvalue weighted by Gasteiger charge is -1.95. The standard InChI is InChI=1S/C6H8N2O/c1-4-2-5(7)3-8-6(4)9/h2-3H,7H2,1H3,(H,8,9). The average molecular weight is 124 g/mol. The van der Waals surface area contributed by atoms with Crippen LogP contribution in [0.1, 0.15) is 5.56 Å². The predicted octanol–water partition coefficient (Wildman–Crippen LogP) is 0.678. The summed E-state index contributed by atoms with van der Waals surface area (Å²) >= 11 is 0. The number of anilines is 1. The van der Waals surface area contributed by atoms with E-state index in [-0.39, 0.29) is 5.88 Å². The summed E-state index contributed by atoms with van der Waals surface area (Å²) in [5.41, 5.74) is 6.63. The Labute approximate surface area is 53.2 Å². The minimum atomic E-state index is 0.0456. The van der Waals surface area contributed by atoms with E-state index in [1.165, 1.54) is 6.20 Å². The molecule has 1 aromatic heterocycles. The fourth-order valence-corrected chi connectivity index (χ4v) is 0.589. The van der Waals surface area contributed by atoms with Crippen LogP contribution in [0.2, 0.25) is 0 Å². The molecule has 0 aliphatic rings. The molecule has 3 nitrogen and oxygen atoms in total. The summed E-state index contributed by atoms with van der Waals surface area (Å²) in [7, 11) is 0. The van der Waals surface area contributed by atoms with Crippen LogP contribution in [-0.2, 0) is 0 Å². The maximum atomic E-state index is 8.88. The molecule has 9 heavy (non-hydrogen) atoms. The van der Waals surface area contributed by atoms with Gasteiger partial charge in [-0.2, -0.15) is 0 Å². The van der Waals surface area contributed by atoms with Crippen LogP contribution in [0.4, 0.5) is 5.69 Å². The number of hydrogen-bond acceptors (Lipinski definition) is 3. The lowest BCUT2D eigenvalue weighted by atomic mass is 10.3. The van der Waals surface area contributed by atoms with E-state index in [0.29, 0.717) is 11.3 Å². The lowest BCUT2D eigenvalue weighted by molar-refractivity contribution is 0.449. The highest BCUT2D eigenvalue weighted by Gasteiger charge is 1.94. The van der Waals surface area contributed by atoms with Gasteiger partial charge in [0, 0.05) is 5.56 Å². The van der Waals surface area contributed by atoms with Crippen LogP contribution in [0.3, 0.4) is 0 Å². The number of aromatic hydroxyl groups is 1. The van der Waals surface area contributed by atoms with Crippen molar-refractivity contribution in [3.05, 3.63) is 17.8 Å². The topological polar surface area (TPSA) is 59.1 Å². The van der Waals surface area contributed by atoms with Gasteiger partial charge in [-0.25, -0.2) is 4.98 Å². The number of aryl methyl sites for hydroxylation is 1. The Balaban J connectivity index is 3.17. The molecule has 1 aromatic rings. The van der Waals surface area contributed by atoms with Crippen molar-refractivity contribution in [2.24, 2.45) is 0 Å². The average Bonchev–Trinajstić information content (AvgIpc) is 1.80. The zero-order chi connectivity index (χ0) is 6.85. The summed E-state index contributed by atoms with van der Waals surface area (Å²) in [6.07, 6.45) is 1.42. The Hall–Kier alpha value is -1.25. The van der Waals surface area contributed by atoms with Crippen LogP contribution in [0.5, 0.6) is 5.88 Å². The molecule has 0 aliphatic carbocycles. The second kappa shape index (κ2) is 1.93. The first kappa shape index (κ1) is 5.88. The molecule has 1 rings (SSSR count). The first-order valence-corrected chi connectivity index (χ1v) is 2.61. The molecule has 0 atom stereocenters. The molecule has 3 heteroatoms. The van der Waals surface area contributed by atoms with Crippen LogP contribution in [0.25, 0.3) is 0 Å². The van der Waals surface area contributed by atoms with E-state index in [4.69, 9.17) is 10.8 Å². The molecular formula is C6H8N2O. The number of aromatic nitrogens is 1. The Kier molecular flexibility index (Phi) is 1.26. The van der Waals surface area contributed by atoms with Crippen molar-refractivity contribution in [2.75, 3.05) is 5.73 Å². The molecule has 0 spiro atoms. The Morgan fingerprint density at radius 2 is 2.33 bits per heavy atom. The molecule has 0 saturated heterocycles. The number of nitrogen functional groups attached to an aromatic ring is 1. The van der Waals surface area contributed by atoms with Gasteiger partial charge in [-0.1, -0.05) is 0 Å². The summed E-state index contributed by atoms with van der Waals surface area (Å²) in [6, 6.07) is 1.67. The van der Waals surface area contributed by atoms with E-state index in [1.54, 1.807) is 13.0 Å². The molecule has 3 N–H and O–H groups in total. The highest BCUT2D eigenvalue weighted by Crippen LogP contribution is 2.13. The van der Waals surface area contributed by atoms with E-state index in [9.17, 15) is 0 Å². The highest BCUT2D eigenvalue weighted by atomic mass is 16.3. The van der Waals surface area contributed by atoms with E-state index in [2.05, 4.69) is 4.98 Å². The Bertz CT molecular complexity index is 222. The number of rotatable bonds is 0. The monoisotopic (exact) mass is 124 g/mol. The lowest BCUT2D eigenvalue weighted by Crippen LogP contribution is -1.87. The Morgan fingerprint density at radius 3 is 2.78 bits per heavy atom. The molecule has 0 radical (unpaired) electrons. The van der Waals surface area contributed by atoms with Crippen molar-refractivity contribution in [3.63, 3.8) is 0 Å². The van der Waals surface area contributed by atoms with Gasteiger partial charge in [-0.15, -0.1) is 0 Å². The zero-order valence-electron chi connectivity index (χ0n) is 5.13. The molecular weight excluding hydrogens is 116 g/mol. The number of pyridine rings is 1. The minimum Gasteiger partial charge on any atom is -0.493 e. The van der Waals surface area contributed by atoms with Crippen molar-refractivity contribution in [2.45, 2.75) is 6.92 Å². The Morgan fingerprint density at radius 1 is 1.67 bits per heavy atom. The van der Waals surface area contributed by atoms with Gasteiger partial charge in [0.05, 0.1) is 11.9 Å². The van der Waals surface area contributed by atoms with E-state index in [0.717, 1.165) is 0 Å². The molecule has 0 amide bonds. The van der Waals surface area contributed by atoms with Crippen LogP contribution >= 0.6 is 0 Å². The third kappa shape index (κ3) is 1.10. The third-order valence-corrected chi connectivity index (χ3v) is 1.07. The SMILES string of the molecule is Cc1cc(N)cnc1O. The maximum Gasteiger partial charge on any atom is 0.213 e. The molecule has 0 bridgehead atoms. The second-order valence-corrected chi connectivity index (χ2v) is 1.91. The zero-order valence-corrected chi connectivity index (χ0v) is 5.13. The fraction of sp³-hybridized carbons (Fsp3) is 0.167. The number of hydrogen-bond donors (Lipinski definition) is 2. The molecule has 0 saturated carbocycles. The van der Waals surface area contributed by atoms with Crippen LogP contribution in [0, 0.1) is 6.92 Å². The summed E-state index contributed by atoms with van der Waals surface area (Å²) in [4.78, 5) is 3.61. The normalized spacial score (nSPS) is 9.44. The first-order chi connectivity index (χ1) is 4.20. The van der Waals surface area contributed by atoms with Crippen LogP contribution < -0.4 is 5.73 Å². The largest absolute Gasteiger partial charge is 0.493 e. The van der Waals surface area contributed by atoms with E-state index < -0.39 is 0 Å². The third-order valence-electron chi connectivity index (χ3n) is 1.07. The molecule has 0 unspecified atom stereocenters. The molecule has 0 fully saturated rings. The van der Waals surface area contributed by atoms with Crippen molar-refractivity contribution in [3.8, 4) is 5.88 Å². The number of nitrogens with zero attached hydrogens (tertiary/aromatic N) is 1. The van der Waals surface area contributed by atoms with Gasteiger partial charge >= 0.3 is 0 Å². The van der Waals surface area contributed by atoms with Gasteiger partial charge in [0.1, 0.15) is 0 Å².